The van der Waals surface area contributed by atoms with E-state index in [9.17, 15) is 4.79 Å². The molecule has 4 heterocycles. The second-order valence-electron chi connectivity index (χ2n) is 7.13. The summed E-state index contributed by atoms with van der Waals surface area (Å²) in [5, 5.41) is 9.58. The predicted octanol–water partition coefficient (Wildman–Crippen LogP) is 4.44. The molecule has 0 atom stereocenters. The molecule has 0 bridgehead atoms. The number of para-hydroxylation sites is 1. The fraction of sp³-hybridized carbons (Fsp3) is 0.130. The molecule has 0 spiro atoms. The van der Waals surface area contributed by atoms with Gasteiger partial charge in [0.2, 0.25) is 0 Å². The minimum Gasteiger partial charge on any atom is -0.469 e. The lowest BCUT2D eigenvalue weighted by Crippen LogP contribution is -2.15. The second kappa shape index (κ2) is 7.88. The van der Waals surface area contributed by atoms with Gasteiger partial charge in [-0.15, -0.1) is 10.2 Å². The summed E-state index contributed by atoms with van der Waals surface area (Å²) in [7, 11) is 0. The van der Waals surface area contributed by atoms with Gasteiger partial charge in [0.05, 0.1) is 17.5 Å². The number of aryl methyl sites for hydroxylation is 2. The van der Waals surface area contributed by atoms with Crippen LogP contribution in [0.25, 0.3) is 22.7 Å². The molecule has 8 heteroatoms. The Morgan fingerprint density at radius 3 is 2.65 bits per heavy atom. The summed E-state index contributed by atoms with van der Waals surface area (Å²) in [6.07, 6.45) is 3.39. The van der Waals surface area contributed by atoms with Crippen LogP contribution in [-0.4, -0.2) is 24.1 Å². The lowest BCUT2D eigenvalue weighted by molar-refractivity contribution is 0.535. The van der Waals surface area contributed by atoms with Crippen molar-refractivity contribution in [2.75, 3.05) is 0 Å². The maximum atomic E-state index is 12.5. The molecular formula is C23H19N5O2S. The number of aromatic nitrogens is 5. The van der Waals surface area contributed by atoms with Crippen LogP contribution >= 0.6 is 11.8 Å². The molecule has 154 valence electrons. The number of rotatable bonds is 5. The van der Waals surface area contributed by atoms with Crippen molar-refractivity contribution in [2.24, 2.45) is 0 Å². The van der Waals surface area contributed by atoms with Crippen molar-refractivity contribution in [3.05, 3.63) is 94.4 Å². The van der Waals surface area contributed by atoms with Crippen molar-refractivity contribution in [3.8, 4) is 17.1 Å². The molecule has 0 N–H and O–H groups in total. The van der Waals surface area contributed by atoms with E-state index in [0.29, 0.717) is 28.1 Å². The molecule has 1 aromatic carbocycles. The van der Waals surface area contributed by atoms with Crippen LogP contribution in [0.15, 0.2) is 81.4 Å². The Morgan fingerprint density at radius 2 is 1.87 bits per heavy atom. The number of furan rings is 1. The third-order valence-electron chi connectivity index (χ3n) is 5.04. The topological polar surface area (TPSA) is 78.2 Å². The summed E-state index contributed by atoms with van der Waals surface area (Å²) in [5.74, 6) is 1.98. The standard InChI is InChI=1S/C23H19N5O2S/c1-15-7-6-11-27-20(29)13-17(24-21(15)27)14-31-23-26-25-22(19-10-12-30-16(19)2)28(23)18-8-4-3-5-9-18/h3-13H,14H2,1-2H3. The van der Waals surface area contributed by atoms with E-state index in [1.54, 1.807) is 22.9 Å². The van der Waals surface area contributed by atoms with E-state index in [2.05, 4.69) is 10.2 Å². The van der Waals surface area contributed by atoms with Gasteiger partial charge in [-0.05, 0) is 43.7 Å². The molecule has 5 rings (SSSR count). The minimum atomic E-state index is -0.0939. The van der Waals surface area contributed by atoms with Crippen molar-refractivity contribution in [1.29, 1.82) is 0 Å². The second-order valence-corrected chi connectivity index (χ2v) is 8.07. The van der Waals surface area contributed by atoms with E-state index in [-0.39, 0.29) is 5.56 Å². The van der Waals surface area contributed by atoms with Crippen LogP contribution in [-0.2, 0) is 5.75 Å². The number of hydrogen-bond acceptors (Lipinski definition) is 6. The first-order chi connectivity index (χ1) is 15.1. The van der Waals surface area contributed by atoms with Crippen molar-refractivity contribution < 1.29 is 4.42 Å². The number of thioether (sulfide) groups is 1. The molecule has 7 nitrogen and oxygen atoms in total. The highest BCUT2D eigenvalue weighted by atomic mass is 32.2. The summed E-state index contributed by atoms with van der Waals surface area (Å²) in [6, 6.07) is 17.2. The maximum Gasteiger partial charge on any atom is 0.258 e. The molecule has 0 aliphatic heterocycles. The smallest absolute Gasteiger partial charge is 0.258 e. The number of hydrogen-bond donors (Lipinski definition) is 0. The van der Waals surface area contributed by atoms with E-state index >= 15 is 0 Å². The quantitative estimate of drug-likeness (QED) is 0.384. The Balaban J connectivity index is 1.54. The maximum absolute atomic E-state index is 12.5. The van der Waals surface area contributed by atoms with Gasteiger partial charge in [-0.2, -0.15) is 0 Å². The van der Waals surface area contributed by atoms with E-state index in [0.717, 1.165) is 22.6 Å². The third kappa shape index (κ3) is 3.55. The van der Waals surface area contributed by atoms with Crippen molar-refractivity contribution in [1.82, 2.24) is 24.1 Å². The van der Waals surface area contributed by atoms with Gasteiger partial charge in [0.25, 0.3) is 5.56 Å². The van der Waals surface area contributed by atoms with Gasteiger partial charge >= 0.3 is 0 Å². The Kier molecular flexibility index (Phi) is 4.91. The molecule has 0 amide bonds. The largest absolute Gasteiger partial charge is 0.469 e. The minimum absolute atomic E-state index is 0.0939. The highest BCUT2D eigenvalue weighted by Gasteiger charge is 2.19. The van der Waals surface area contributed by atoms with Gasteiger partial charge in [-0.25, -0.2) is 4.98 Å². The Labute approximate surface area is 182 Å². The molecule has 0 aliphatic rings. The first-order valence-corrected chi connectivity index (χ1v) is 10.8. The van der Waals surface area contributed by atoms with Crippen LogP contribution in [0.5, 0.6) is 0 Å². The van der Waals surface area contributed by atoms with Crippen molar-refractivity contribution >= 4 is 17.4 Å². The monoisotopic (exact) mass is 429 g/mol. The van der Waals surface area contributed by atoms with Crippen LogP contribution < -0.4 is 5.56 Å². The first-order valence-electron chi connectivity index (χ1n) is 9.78. The van der Waals surface area contributed by atoms with Gasteiger partial charge in [0.15, 0.2) is 11.0 Å². The van der Waals surface area contributed by atoms with Gasteiger partial charge in [-0.1, -0.05) is 36.0 Å². The molecule has 31 heavy (non-hydrogen) atoms. The highest BCUT2D eigenvalue weighted by Crippen LogP contribution is 2.31. The number of pyridine rings is 1. The van der Waals surface area contributed by atoms with Crippen LogP contribution in [0, 0.1) is 13.8 Å². The van der Waals surface area contributed by atoms with Crippen molar-refractivity contribution in [2.45, 2.75) is 24.8 Å². The molecule has 0 saturated heterocycles. The lowest BCUT2D eigenvalue weighted by Gasteiger charge is -2.10. The molecule has 5 aromatic rings. The molecule has 0 unspecified atom stereocenters. The number of fused-ring (bicyclic) bond motifs is 1. The lowest BCUT2D eigenvalue weighted by atomic mass is 10.2. The number of nitrogens with zero attached hydrogens (tertiary/aromatic N) is 5. The Bertz CT molecular complexity index is 1440. The van der Waals surface area contributed by atoms with Gasteiger partial charge in [-0.3, -0.25) is 13.8 Å². The van der Waals surface area contributed by atoms with Crippen LogP contribution in [0.4, 0.5) is 0 Å². The zero-order valence-corrected chi connectivity index (χ0v) is 17.8. The summed E-state index contributed by atoms with van der Waals surface area (Å²) in [4.78, 5) is 17.2. The van der Waals surface area contributed by atoms with E-state index in [1.807, 2.05) is 66.9 Å². The van der Waals surface area contributed by atoms with Crippen molar-refractivity contribution in [3.63, 3.8) is 0 Å². The Morgan fingerprint density at radius 1 is 1.03 bits per heavy atom. The molecule has 0 saturated carbocycles. The van der Waals surface area contributed by atoms with Crippen LogP contribution in [0.3, 0.4) is 0 Å². The summed E-state index contributed by atoms with van der Waals surface area (Å²) in [6.45, 7) is 3.85. The zero-order chi connectivity index (χ0) is 21.4. The summed E-state index contributed by atoms with van der Waals surface area (Å²) in [5.41, 5.74) is 4.08. The third-order valence-corrected chi connectivity index (χ3v) is 6.00. The molecule has 0 radical (unpaired) electrons. The van der Waals surface area contributed by atoms with Crippen LogP contribution in [0.1, 0.15) is 17.0 Å². The van der Waals surface area contributed by atoms with Gasteiger partial charge in [0.1, 0.15) is 11.4 Å². The van der Waals surface area contributed by atoms with E-state index in [4.69, 9.17) is 9.40 Å². The molecule has 4 aromatic heterocycles. The van der Waals surface area contributed by atoms with Gasteiger partial charge in [0, 0.05) is 23.7 Å². The highest BCUT2D eigenvalue weighted by molar-refractivity contribution is 7.98. The predicted molar refractivity (Wildman–Crippen MR) is 120 cm³/mol. The summed E-state index contributed by atoms with van der Waals surface area (Å²) < 4.78 is 9.05. The number of benzene rings is 1. The molecular weight excluding hydrogens is 410 g/mol. The zero-order valence-electron chi connectivity index (χ0n) is 17.0. The van der Waals surface area contributed by atoms with Gasteiger partial charge < -0.3 is 4.42 Å². The normalized spacial score (nSPS) is 11.3. The first kappa shape index (κ1) is 19.3. The SMILES string of the molecule is Cc1occc1-c1nnc(SCc2cc(=O)n3cccc(C)c3n2)n1-c1ccccc1. The Hall–Kier alpha value is -3.65. The van der Waals surface area contributed by atoms with Crippen LogP contribution in [0.2, 0.25) is 0 Å². The fourth-order valence-electron chi connectivity index (χ4n) is 3.49. The fourth-order valence-corrected chi connectivity index (χ4v) is 4.33. The van der Waals surface area contributed by atoms with E-state index < -0.39 is 0 Å². The average molecular weight is 430 g/mol. The summed E-state index contributed by atoms with van der Waals surface area (Å²) >= 11 is 1.49. The molecule has 0 fully saturated rings. The van der Waals surface area contributed by atoms with E-state index in [1.165, 1.54) is 11.8 Å². The average Bonchev–Trinajstić information content (AvgIpc) is 3.39. The molecule has 0 aliphatic carbocycles.